The maximum Gasteiger partial charge on any atom is 0.338 e. The van der Waals surface area contributed by atoms with E-state index < -0.39 is 11.9 Å². The molecule has 3 aromatic rings. The van der Waals surface area contributed by atoms with Crippen LogP contribution in [0, 0.1) is 6.92 Å². The molecule has 0 fully saturated rings. The van der Waals surface area contributed by atoms with Gasteiger partial charge in [0.2, 0.25) is 0 Å². The fraction of sp³-hybridized carbons (Fsp3) is 0.150. The van der Waals surface area contributed by atoms with Gasteiger partial charge in [0.15, 0.2) is 6.61 Å². The molecule has 0 aliphatic heterocycles. The number of benzene rings is 2. The zero-order valence-corrected chi connectivity index (χ0v) is 15.5. The Morgan fingerprint density at radius 3 is 2.70 bits per heavy atom. The van der Waals surface area contributed by atoms with Gasteiger partial charge in [-0.1, -0.05) is 23.8 Å². The first-order valence-electron chi connectivity index (χ1n) is 8.24. The molecule has 138 valence electrons. The van der Waals surface area contributed by atoms with Crippen LogP contribution in [0.3, 0.4) is 0 Å². The zero-order valence-electron chi connectivity index (χ0n) is 14.7. The molecule has 1 heterocycles. The number of aromatic nitrogens is 1. The van der Waals surface area contributed by atoms with Crippen LogP contribution in [0.25, 0.3) is 0 Å². The second kappa shape index (κ2) is 8.95. The van der Waals surface area contributed by atoms with Gasteiger partial charge in [-0.15, -0.1) is 11.3 Å². The highest BCUT2D eigenvalue weighted by atomic mass is 32.1. The lowest BCUT2D eigenvalue weighted by Crippen LogP contribution is -2.20. The van der Waals surface area contributed by atoms with Gasteiger partial charge in [-0.3, -0.25) is 4.79 Å². The van der Waals surface area contributed by atoms with Gasteiger partial charge in [-0.2, -0.15) is 0 Å². The van der Waals surface area contributed by atoms with Crippen molar-refractivity contribution in [3.8, 4) is 5.75 Å². The molecule has 0 aliphatic rings. The van der Waals surface area contributed by atoms with Crippen molar-refractivity contribution in [3.05, 3.63) is 76.2 Å². The molecule has 0 radical (unpaired) electrons. The van der Waals surface area contributed by atoms with Crippen LogP contribution in [-0.2, 0) is 16.1 Å². The van der Waals surface area contributed by atoms with Crippen LogP contribution in [0.2, 0.25) is 0 Å². The summed E-state index contributed by atoms with van der Waals surface area (Å²) in [6.45, 7) is 1.92. The van der Waals surface area contributed by atoms with E-state index in [0.29, 0.717) is 23.6 Å². The smallest absolute Gasteiger partial charge is 0.338 e. The number of hydrogen-bond donors (Lipinski definition) is 1. The predicted molar refractivity (Wildman–Crippen MR) is 103 cm³/mol. The molecule has 0 saturated heterocycles. The van der Waals surface area contributed by atoms with Crippen molar-refractivity contribution in [2.45, 2.75) is 13.5 Å². The zero-order chi connectivity index (χ0) is 19.1. The number of esters is 1. The van der Waals surface area contributed by atoms with Crippen molar-refractivity contribution >= 4 is 28.9 Å². The molecule has 7 heteroatoms. The fourth-order valence-corrected chi connectivity index (χ4v) is 2.77. The van der Waals surface area contributed by atoms with E-state index in [9.17, 15) is 9.59 Å². The summed E-state index contributed by atoms with van der Waals surface area (Å²) in [5, 5.41) is 4.57. The third kappa shape index (κ3) is 5.65. The first-order valence-corrected chi connectivity index (χ1v) is 9.18. The lowest BCUT2D eigenvalue weighted by molar-refractivity contribution is -0.119. The van der Waals surface area contributed by atoms with Crippen LogP contribution in [0.15, 0.2) is 59.4 Å². The Bertz CT molecular complexity index is 908. The summed E-state index contributed by atoms with van der Waals surface area (Å²) in [5.74, 6) is -0.460. The van der Waals surface area contributed by atoms with E-state index in [1.54, 1.807) is 41.9 Å². The van der Waals surface area contributed by atoms with Gasteiger partial charge in [0, 0.05) is 11.1 Å². The summed E-state index contributed by atoms with van der Waals surface area (Å²) in [4.78, 5) is 28.2. The number of anilines is 1. The Kier molecular flexibility index (Phi) is 6.17. The number of ether oxygens (including phenoxy) is 2. The van der Waals surface area contributed by atoms with Crippen LogP contribution in [0.1, 0.15) is 21.6 Å². The molecule has 3 rings (SSSR count). The van der Waals surface area contributed by atoms with Gasteiger partial charge in [0.1, 0.15) is 12.4 Å². The number of amides is 1. The number of thiazole rings is 1. The fourth-order valence-electron chi connectivity index (χ4n) is 2.23. The van der Waals surface area contributed by atoms with Crippen LogP contribution in [0.5, 0.6) is 5.75 Å². The van der Waals surface area contributed by atoms with Gasteiger partial charge in [-0.25, -0.2) is 9.78 Å². The maximum absolute atomic E-state index is 12.2. The van der Waals surface area contributed by atoms with Crippen LogP contribution in [0.4, 0.5) is 5.69 Å². The predicted octanol–water partition coefficient (Wildman–Crippen LogP) is 3.83. The van der Waals surface area contributed by atoms with Crippen LogP contribution < -0.4 is 10.1 Å². The normalized spacial score (nSPS) is 10.3. The second-order valence-corrected chi connectivity index (χ2v) is 6.51. The number of aryl methyl sites for hydroxylation is 1. The van der Waals surface area contributed by atoms with Crippen molar-refractivity contribution in [1.29, 1.82) is 0 Å². The number of carbonyl (C=O) groups excluding carboxylic acids is 2. The molecule has 0 aliphatic carbocycles. The van der Waals surface area contributed by atoms with E-state index in [2.05, 4.69) is 10.3 Å². The molecule has 2 aromatic carbocycles. The minimum Gasteiger partial charge on any atom is -0.487 e. The van der Waals surface area contributed by atoms with Crippen molar-refractivity contribution in [3.63, 3.8) is 0 Å². The topological polar surface area (TPSA) is 77.5 Å². The van der Waals surface area contributed by atoms with Crippen molar-refractivity contribution < 1.29 is 19.1 Å². The van der Waals surface area contributed by atoms with Gasteiger partial charge >= 0.3 is 5.97 Å². The average molecular weight is 382 g/mol. The minimum absolute atomic E-state index is 0.314. The number of rotatable bonds is 7. The Morgan fingerprint density at radius 2 is 1.96 bits per heavy atom. The molecule has 1 N–H and O–H groups in total. The first kappa shape index (κ1) is 18.6. The number of carbonyl (C=O) groups is 2. The number of nitrogens with one attached hydrogen (secondary N) is 1. The monoisotopic (exact) mass is 382 g/mol. The molecular weight excluding hydrogens is 364 g/mol. The van der Waals surface area contributed by atoms with E-state index in [1.807, 2.05) is 24.4 Å². The van der Waals surface area contributed by atoms with Crippen molar-refractivity contribution in [2.75, 3.05) is 11.9 Å². The van der Waals surface area contributed by atoms with E-state index >= 15 is 0 Å². The molecule has 1 amide bonds. The largest absolute Gasteiger partial charge is 0.487 e. The standard InChI is InChI=1S/C20H18N2O4S/c1-14-5-7-16(8-6-14)22-19(23)11-26-20(24)15-3-2-4-18(9-15)25-10-17-12-27-13-21-17/h2-9,12-13H,10-11H2,1H3,(H,22,23). The van der Waals surface area contributed by atoms with E-state index in [-0.39, 0.29) is 6.61 Å². The molecular formula is C20H18N2O4S. The van der Waals surface area contributed by atoms with Gasteiger partial charge < -0.3 is 14.8 Å². The van der Waals surface area contributed by atoms with Gasteiger partial charge in [0.05, 0.1) is 16.8 Å². The lowest BCUT2D eigenvalue weighted by Gasteiger charge is -2.08. The van der Waals surface area contributed by atoms with Crippen molar-refractivity contribution in [2.24, 2.45) is 0 Å². The van der Waals surface area contributed by atoms with Gasteiger partial charge in [0.25, 0.3) is 5.91 Å². The SMILES string of the molecule is Cc1ccc(NC(=O)COC(=O)c2cccc(OCc3cscn3)c2)cc1. The minimum atomic E-state index is -0.590. The summed E-state index contributed by atoms with van der Waals surface area (Å²) >= 11 is 1.49. The Hall–Kier alpha value is -3.19. The molecule has 0 bridgehead atoms. The maximum atomic E-state index is 12.2. The number of nitrogens with zero attached hydrogens (tertiary/aromatic N) is 1. The van der Waals surface area contributed by atoms with E-state index in [4.69, 9.17) is 9.47 Å². The highest BCUT2D eigenvalue weighted by Gasteiger charge is 2.11. The lowest BCUT2D eigenvalue weighted by atomic mass is 10.2. The summed E-state index contributed by atoms with van der Waals surface area (Å²) in [6.07, 6.45) is 0. The average Bonchev–Trinajstić information content (AvgIpc) is 3.20. The molecule has 0 saturated carbocycles. The summed E-state index contributed by atoms with van der Waals surface area (Å²) in [5.41, 5.74) is 4.61. The number of hydrogen-bond acceptors (Lipinski definition) is 6. The highest BCUT2D eigenvalue weighted by Crippen LogP contribution is 2.16. The molecule has 0 unspecified atom stereocenters. The Morgan fingerprint density at radius 1 is 1.15 bits per heavy atom. The van der Waals surface area contributed by atoms with Crippen molar-refractivity contribution in [1.82, 2.24) is 4.98 Å². The first-order chi connectivity index (χ1) is 13.1. The Balaban J connectivity index is 1.50. The summed E-state index contributed by atoms with van der Waals surface area (Å²) in [6, 6.07) is 14.0. The van der Waals surface area contributed by atoms with E-state index in [1.165, 1.54) is 11.3 Å². The van der Waals surface area contributed by atoms with Gasteiger partial charge in [-0.05, 0) is 37.3 Å². The molecule has 6 nitrogen and oxygen atoms in total. The third-order valence-electron chi connectivity index (χ3n) is 3.61. The summed E-state index contributed by atoms with van der Waals surface area (Å²) in [7, 11) is 0. The molecule has 0 atom stereocenters. The Labute approximate surface area is 160 Å². The molecule has 0 spiro atoms. The van der Waals surface area contributed by atoms with E-state index in [0.717, 1.165) is 11.3 Å². The summed E-state index contributed by atoms with van der Waals surface area (Å²) < 4.78 is 10.7. The van der Waals surface area contributed by atoms with Crippen LogP contribution >= 0.6 is 11.3 Å². The highest BCUT2D eigenvalue weighted by molar-refractivity contribution is 7.07. The van der Waals surface area contributed by atoms with Crippen LogP contribution in [-0.4, -0.2) is 23.5 Å². The second-order valence-electron chi connectivity index (χ2n) is 5.79. The molecule has 1 aromatic heterocycles. The quantitative estimate of drug-likeness (QED) is 0.629. The third-order valence-corrected chi connectivity index (χ3v) is 4.24. The molecule has 27 heavy (non-hydrogen) atoms.